The summed E-state index contributed by atoms with van der Waals surface area (Å²) >= 11 is 0. The van der Waals surface area contributed by atoms with Crippen LogP contribution in [-0.4, -0.2) is 41.2 Å². The lowest BCUT2D eigenvalue weighted by molar-refractivity contribution is 0.419. The Bertz CT molecular complexity index is 1500. The lowest BCUT2D eigenvalue weighted by atomic mass is 10.0. The molecule has 0 bridgehead atoms. The third-order valence-electron chi connectivity index (χ3n) is 5.29. The van der Waals surface area contributed by atoms with Crippen LogP contribution in [0.25, 0.3) is 33.4 Å². The Kier molecular flexibility index (Phi) is 6.65. The molecule has 2 aromatic carbocycles. The number of ether oxygens (including phenoxy) is 1. The van der Waals surface area contributed by atoms with E-state index in [2.05, 4.69) is 24.7 Å². The quantitative estimate of drug-likeness (QED) is 0.330. The van der Waals surface area contributed by atoms with Gasteiger partial charge in [0.15, 0.2) is 11.6 Å². The molecule has 182 valence electrons. The predicted molar refractivity (Wildman–Crippen MR) is 134 cm³/mol. The van der Waals surface area contributed by atoms with Crippen LogP contribution in [0.1, 0.15) is 19.8 Å². The number of benzene rings is 2. The highest BCUT2D eigenvalue weighted by Crippen LogP contribution is 2.37. The summed E-state index contributed by atoms with van der Waals surface area (Å²) in [6, 6.07) is 7.71. The van der Waals surface area contributed by atoms with Gasteiger partial charge in [-0.15, -0.1) is 0 Å². The maximum Gasteiger partial charge on any atom is 0.232 e. The maximum atomic E-state index is 15.4. The number of anilines is 3. The molecule has 0 spiro atoms. The molecule has 0 amide bonds. The highest BCUT2D eigenvalue weighted by molar-refractivity contribution is 7.92. The first kappa shape index (κ1) is 24.1. The van der Waals surface area contributed by atoms with E-state index in [0.717, 1.165) is 0 Å². The van der Waals surface area contributed by atoms with Gasteiger partial charge in [0.25, 0.3) is 0 Å². The van der Waals surface area contributed by atoms with Crippen LogP contribution in [0.4, 0.5) is 21.8 Å². The Morgan fingerprint density at radius 1 is 1.09 bits per heavy atom. The van der Waals surface area contributed by atoms with E-state index < -0.39 is 15.8 Å². The van der Waals surface area contributed by atoms with E-state index in [4.69, 9.17) is 16.2 Å². The molecule has 4 rings (SSSR count). The molecule has 0 aliphatic rings. The molecule has 0 atom stereocenters. The van der Waals surface area contributed by atoms with Crippen LogP contribution >= 0.6 is 0 Å². The third-order valence-corrected chi connectivity index (χ3v) is 6.64. The Morgan fingerprint density at radius 3 is 2.51 bits per heavy atom. The number of nitrogens with two attached hydrogens (primary N) is 2. The second-order valence-electron chi connectivity index (χ2n) is 7.78. The molecule has 0 aliphatic heterocycles. The Labute approximate surface area is 201 Å². The van der Waals surface area contributed by atoms with Gasteiger partial charge in [0.1, 0.15) is 17.1 Å². The predicted octanol–water partition coefficient (Wildman–Crippen LogP) is 3.61. The molecule has 0 saturated heterocycles. The normalized spacial score (nSPS) is 11.5. The van der Waals surface area contributed by atoms with E-state index in [9.17, 15) is 8.42 Å². The summed E-state index contributed by atoms with van der Waals surface area (Å²) in [6.45, 7) is 1.88. The summed E-state index contributed by atoms with van der Waals surface area (Å²) in [5, 5.41) is 0.438. The summed E-state index contributed by atoms with van der Waals surface area (Å²) in [4.78, 5) is 16.8. The molecule has 35 heavy (non-hydrogen) atoms. The first-order valence-electron chi connectivity index (χ1n) is 10.7. The van der Waals surface area contributed by atoms with Crippen LogP contribution in [0, 0.1) is 5.82 Å². The summed E-state index contributed by atoms with van der Waals surface area (Å²) in [7, 11) is -2.22. The van der Waals surface area contributed by atoms with Crippen LogP contribution < -0.4 is 20.9 Å². The number of hydrogen-bond acceptors (Lipinski definition) is 9. The van der Waals surface area contributed by atoms with Crippen molar-refractivity contribution in [2.24, 2.45) is 0 Å². The Balaban J connectivity index is 1.80. The van der Waals surface area contributed by atoms with E-state index in [1.54, 1.807) is 18.2 Å². The van der Waals surface area contributed by atoms with Gasteiger partial charge in [-0.25, -0.2) is 32.7 Å². The van der Waals surface area contributed by atoms with Crippen LogP contribution in [0.3, 0.4) is 0 Å². The van der Waals surface area contributed by atoms with E-state index in [0.29, 0.717) is 40.6 Å². The zero-order valence-electron chi connectivity index (χ0n) is 19.1. The first-order valence-corrected chi connectivity index (χ1v) is 12.4. The molecular weight excluding hydrogens is 473 g/mol. The summed E-state index contributed by atoms with van der Waals surface area (Å²) < 4.78 is 47.9. The second-order valence-corrected chi connectivity index (χ2v) is 9.62. The smallest absolute Gasteiger partial charge is 0.232 e. The average molecular weight is 498 g/mol. The number of rotatable bonds is 8. The van der Waals surface area contributed by atoms with Crippen molar-refractivity contribution in [3.63, 3.8) is 0 Å². The molecule has 0 saturated carbocycles. The molecule has 0 radical (unpaired) electrons. The fourth-order valence-corrected chi connectivity index (χ4v) is 4.77. The molecule has 2 heterocycles. The summed E-state index contributed by atoms with van der Waals surface area (Å²) in [6.07, 6.45) is 4.14. The number of aromatic nitrogens is 4. The monoisotopic (exact) mass is 497 g/mol. The number of hydrogen-bond donors (Lipinski definition) is 3. The van der Waals surface area contributed by atoms with Gasteiger partial charge in [-0.2, -0.15) is 0 Å². The minimum absolute atomic E-state index is 0.0911. The van der Waals surface area contributed by atoms with Gasteiger partial charge in [0.2, 0.25) is 16.0 Å². The van der Waals surface area contributed by atoms with E-state index >= 15 is 4.39 Å². The van der Waals surface area contributed by atoms with Gasteiger partial charge in [0, 0.05) is 23.3 Å². The summed E-state index contributed by atoms with van der Waals surface area (Å²) in [5.74, 6) is 0.0458. The zero-order chi connectivity index (χ0) is 25.2. The standard InChI is InChI=1S/C23H24FN7O3S/c1-3-4-8-35(32,33)31-17-7-5-6-15(19(17)24)13-9-16-20(18(10-13)34-2)29-22(30-21(16)25)14-11-27-23(26)28-12-14/h5-7,9-12,31H,3-4,8H2,1-2H3,(H2,25,29,30)(H2,26,27,28). The van der Waals surface area contributed by atoms with Crippen LogP contribution in [-0.2, 0) is 10.0 Å². The van der Waals surface area contributed by atoms with Crippen molar-refractivity contribution >= 4 is 38.4 Å². The van der Waals surface area contributed by atoms with Gasteiger partial charge in [-0.05, 0) is 30.2 Å². The van der Waals surface area contributed by atoms with Crippen molar-refractivity contribution in [1.82, 2.24) is 19.9 Å². The van der Waals surface area contributed by atoms with Crippen molar-refractivity contribution in [3.8, 4) is 28.3 Å². The first-order chi connectivity index (χ1) is 16.7. The topological polar surface area (TPSA) is 159 Å². The lowest BCUT2D eigenvalue weighted by Gasteiger charge is -2.14. The average Bonchev–Trinajstić information content (AvgIpc) is 2.84. The van der Waals surface area contributed by atoms with E-state index in [1.807, 2.05) is 6.92 Å². The second kappa shape index (κ2) is 9.66. The highest BCUT2D eigenvalue weighted by atomic mass is 32.2. The fraction of sp³-hybridized carbons (Fsp3) is 0.217. The number of nitrogens with zero attached hydrogens (tertiary/aromatic N) is 4. The van der Waals surface area contributed by atoms with Gasteiger partial charge >= 0.3 is 0 Å². The third kappa shape index (κ3) is 5.06. The van der Waals surface area contributed by atoms with Crippen molar-refractivity contribution in [2.75, 3.05) is 29.1 Å². The molecule has 12 heteroatoms. The number of sulfonamides is 1. The number of methoxy groups -OCH3 is 1. The minimum Gasteiger partial charge on any atom is -0.494 e. The minimum atomic E-state index is -3.68. The van der Waals surface area contributed by atoms with Gasteiger partial charge in [0.05, 0.1) is 24.1 Å². The fourth-order valence-electron chi connectivity index (χ4n) is 3.50. The van der Waals surface area contributed by atoms with Gasteiger partial charge < -0.3 is 16.2 Å². The largest absolute Gasteiger partial charge is 0.494 e. The van der Waals surface area contributed by atoms with E-state index in [1.165, 1.54) is 31.6 Å². The van der Waals surface area contributed by atoms with Crippen molar-refractivity contribution in [3.05, 3.63) is 48.5 Å². The maximum absolute atomic E-state index is 15.4. The molecule has 0 aliphatic carbocycles. The van der Waals surface area contributed by atoms with Crippen molar-refractivity contribution in [1.29, 1.82) is 0 Å². The van der Waals surface area contributed by atoms with Gasteiger partial charge in [-0.1, -0.05) is 25.5 Å². The number of nitrogen functional groups attached to an aromatic ring is 2. The molecule has 0 unspecified atom stereocenters. The molecule has 2 aromatic heterocycles. The highest BCUT2D eigenvalue weighted by Gasteiger charge is 2.19. The molecule has 0 fully saturated rings. The number of unbranched alkanes of at least 4 members (excludes halogenated alkanes) is 1. The Morgan fingerprint density at radius 2 is 1.83 bits per heavy atom. The van der Waals surface area contributed by atoms with Gasteiger partial charge in [-0.3, -0.25) is 4.72 Å². The van der Waals surface area contributed by atoms with Crippen molar-refractivity contribution < 1.29 is 17.5 Å². The number of nitrogens with one attached hydrogen (secondary N) is 1. The zero-order valence-corrected chi connectivity index (χ0v) is 19.9. The van der Waals surface area contributed by atoms with Crippen LogP contribution in [0.15, 0.2) is 42.7 Å². The molecule has 10 nitrogen and oxygen atoms in total. The molecule has 5 N–H and O–H groups in total. The Hall–Kier alpha value is -4.06. The number of halogens is 1. The van der Waals surface area contributed by atoms with Crippen molar-refractivity contribution in [2.45, 2.75) is 19.8 Å². The lowest BCUT2D eigenvalue weighted by Crippen LogP contribution is -2.17. The van der Waals surface area contributed by atoms with E-state index in [-0.39, 0.29) is 34.6 Å². The SMILES string of the molecule is CCCCS(=O)(=O)Nc1cccc(-c2cc(OC)c3nc(-c4cnc(N)nc4)nc(N)c3c2)c1F. The van der Waals surface area contributed by atoms with Crippen LogP contribution in [0.2, 0.25) is 0 Å². The number of fused-ring (bicyclic) bond motifs is 1. The summed E-state index contributed by atoms with van der Waals surface area (Å²) in [5.41, 5.74) is 13.1. The molecule has 4 aromatic rings. The molecular formula is C23H24FN7O3S. The van der Waals surface area contributed by atoms with Crippen LogP contribution in [0.5, 0.6) is 5.75 Å².